The number of para-hydroxylation sites is 1. The van der Waals surface area contributed by atoms with Gasteiger partial charge >= 0.3 is 5.97 Å². The summed E-state index contributed by atoms with van der Waals surface area (Å²) in [5, 5.41) is 0.985. The van der Waals surface area contributed by atoms with E-state index >= 15 is 0 Å². The van der Waals surface area contributed by atoms with Crippen LogP contribution in [0.15, 0.2) is 24.3 Å². The number of nitrogens with zero attached hydrogens (tertiary/aromatic N) is 2. The third-order valence-electron chi connectivity index (χ3n) is 4.21. The molecule has 1 aromatic heterocycles. The third kappa shape index (κ3) is 2.39. The summed E-state index contributed by atoms with van der Waals surface area (Å²) in [6.07, 6.45) is 3.64. The fourth-order valence-electron chi connectivity index (χ4n) is 3.26. The first-order valence-electron chi connectivity index (χ1n) is 7.73. The van der Waals surface area contributed by atoms with Gasteiger partial charge in [0.25, 0.3) is 0 Å². The summed E-state index contributed by atoms with van der Waals surface area (Å²) in [6.45, 7) is 4.28. The Morgan fingerprint density at radius 1 is 1.19 bits per heavy atom. The fourth-order valence-corrected chi connectivity index (χ4v) is 3.26. The number of hydrogen-bond acceptors (Lipinski definition) is 3. The minimum absolute atomic E-state index is 0.213. The number of fused-ring (bicyclic) bond motifs is 1. The van der Waals surface area contributed by atoms with Gasteiger partial charge in [0.1, 0.15) is 11.4 Å². The summed E-state index contributed by atoms with van der Waals surface area (Å²) < 4.78 is 7.43. The molecule has 1 saturated heterocycles. The first-order valence-corrected chi connectivity index (χ1v) is 7.73. The highest BCUT2D eigenvalue weighted by Gasteiger charge is 2.26. The molecule has 2 aromatic rings. The Labute approximate surface area is 125 Å². The van der Waals surface area contributed by atoms with E-state index in [4.69, 9.17) is 4.74 Å². The van der Waals surface area contributed by atoms with Crippen LogP contribution in [0.2, 0.25) is 0 Å². The largest absolute Gasteiger partial charge is 0.462 e. The zero-order valence-corrected chi connectivity index (χ0v) is 12.8. The van der Waals surface area contributed by atoms with Gasteiger partial charge in [-0.15, -0.1) is 0 Å². The second-order valence-corrected chi connectivity index (χ2v) is 5.54. The molecule has 2 heterocycles. The maximum Gasteiger partial charge on any atom is 0.342 e. The minimum atomic E-state index is -0.213. The summed E-state index contributed by atoms with van der Waals surface area (Å²) in [6, 6.07) is 8.06. The molecule has 0 radical (unpaired) electrons. The quantitative estimate of drug-likeness (QED) is 0.812. The van der Waals surface area contributed by atoms with Crippen LogP contribution in [0.4, 0.5) is 5.82 Å². The number of aromatic nitrogens is 1. The highest BCUT2D eigenvalue weighted by atomic mass is 16.5. The Bertz CT molecular complexity index is 654. The van der Waals surface area contributed by atoms with Gasteiger partial charge in [-0.2, -0.15) is 0 Å². The van der Waals surface area contributed by atoms with Crippen LogP contribution in [0.3, 0.4) is 0 Å². The Morgan fingerprint density at radius 2 is 1.90 bits per heavy atom. The van der Waals surface area contributed by atoms with E-state index in [0.717, 1.165) is 35.4 Å². The molecule has 1 aliphatic heterocycles. The van der Waals surface area contributed by atoms with Gasteiger partial charge in [0.05, 0.1) is 12.1 Å². The van der Waals surface area contributed by atoms with Crippen LogP contribution >= 0.6 is 0 Å². The van der Waals surface area contributed by atoms with Crippen molar-refractivity contribution in [3.63, 3.8) is 0 Å². The van der Waals surface area contributed by atoms with Crippen molar-refractivity contribution >= 4 is 22.7 Å². The van der Waals surface area contributed by atoms with Gasteiger partial charge in [-0.05, 0) is 32.3 Å². The number of ether oxygens (including phenoxy) is 1. The molecular weight excluding hydrogens is 264 g/mol. The molecule has 0 aliphatic carbocycles. The Morgan fingerprint density at radius 3 is 2.62 bits per heavy atom. The van der Waals surface area contributed by atoms with Crippen molar-refractivity contribution in [3.05, 3.63) is 29.8 Å². The lowest BCUT2D eigenvalue weighted by atomic mass is 10.1. The van der Waals surface area contributed by atoms with E-state index in [9.17, 15) is 4.79 Å². The van der Waals surface area contributed by atoms with Gasteiger partial charge in [0.15, 0.2) is 0 Å². The lowest BCUT2D eigenvalue weighted by Gasteiger charge is -2.29. The van der Waals surface area contributed by atoms with Crippen molar-refractivity contribution in [2.24, 2.45) is 7.05 Å². The number of hydrogen-bond donors (Lipinski definition) is 0. The predicted molar refractivity (Wildman–Crippen MR) is 84.9 cm³/mol. The van der Waals surface area contributed by atoms with E-state index in [1.165, 1.54) is 19.3 Å². The molecule has 21 heavy (non-hydrogen) atoms. The fraction of sp³-hybridized carbons (Fsp3) is 0.471. The Balaban J connectivity index is 2.18. The van der Waals surface area contributed by atoms with Crippen LogP contribution in [0.1, 0.15) is 36.5 Å². The molecular formula is C17H22N2O2. The minimum Gasteiger partial charge on any atom is -0.462 e. The number of esters is 1. The van der Waals surface area contributed by atoms with Gasteiger partial charge in [0.2, 0.25) is 0 Å². The predicted octanol–water partition coefficient (Wildman–Crippen LogP) is 3.35. The van der Waals surface area contributed by atoms with Crippen molar-refractivity contribution in [2.75, 3.05) is 24.6 Å². The Hall–Kier alpha value is -1.97. The summed E-state index contributed by atoms with van der Waals surface area (Å²) >= 11 is 0. The molecule has 4 heteroatoms. The first-order chi connectivity index (χ1) is 10.2. The van der Waals surface area contributed by atoms with Crippen LogP contribution < -0.4 is 4.90 Å². The zero-order valence-electron chi connectivity index (χ0n) is 12.8. The summed E-state index contributed by atoms with van der Waals surface area (Å²) in [4.78, 5) is 14.8. The smallest absolute Gasteiger partial charge is 0.342 e. The van der Waals surface area contributed by atoms with Crippen molar-refractivity contribution < 1.29 is 9.53 Å². The van der Waals surface area contributed by atoms with E-state index in [1.807, 2.05) is 32.2 Å². The number of anilines is 1. The lowest BCUT2D eigenvalue weighted by Crippen LogP contribution is -2.32. The second-order valence-electron chi connectivity index (χ2n) is 5.54. The van der Waals surface area contributed by atoms with Crippen LogP contribution in [0, 0.1) is 0 Å². The summed E-state index contributed by atoms with van der Waals surface area (Å²) in [7, 11) is 2.04. The number of aryl methyl sites for hydroxylation is 1. The monoisotopic (exact) mass is 286 g/mol. The molecule has 0 amide bonds. The molecule has 1 aromatic carbocycles. The van der Waals surface area contributed by atoms with E-state index in [2.05, 4.69) is 15.5 Å². The van der Waals surface area contributed by atoms with Crippen LogP contribution in [-0.2, 0) is 11.8 Å². The van der Waals surface area contributed by atoms with E-state index < -0.39 is 0 Å². The average Bonchev–Trinajstić information content (AvgIpc) is 2.82. The molecule has 0 saturated carbocycles. The molecule has 112 valence electrons. The molecule has 3 rings (SSSR count). The topological polar surface area (TPSA) is 34.5 Å². The average molecular weight is 286 g/mol. The molecule has 0 unspecified atom stereocenters. The summed E-state index contributed by atoms with van der Waals surface area (Å²) in [5.74, 6) is 0.796. The molecule has 1 fully saturated rings. The SMILES string of the molecule is CCOC(=O)c1c(N2CCCCC2)n(C)c2ccccc12. The number of benzene rings is 1. The van der Waals surface area contributed by atoms with Gasteiger partial charge in [-0.25, -0.2) is 4.79 Å². The first kappa shape index (κ1) is 14.0. The van der Waals surface area contributed by atoms with Crippen molar-refractivity contribution in [1.29, 1.82) is 0 Å². The highest BCUT2D eigenvalue weighted by molar-refractivity contribution is 6.10. The highest BCUT2D eigenvalue weighted by Crippen LogP contribution is 2.34. The zero-order chi connectivity index (χ0) is 14.8. The van der Waals surface area contributed by atoms with Crippen LogP contribution in [-0.4, -0.2) is 30.2 Å². The molecule has 4 nitrogen and oxygen atoms in total. The van der Waals surface area contributed by atoms with Crippen LogP contribution in [0.5, 0.6) is 0 Å². The standard InChI is InChI=1S/C17H22N2O2/c1-3-21-17(20)15-13-9-5-6-10-14(13)18(2)16(15)19-11-7-4-8-12-19/h5-6,9-10H,3-4,7-8,11-12H2,1-2H3. The molecule has 0 atom stereocenters. The molecule has 1 aliphatic rings. The van der Waals surface area contributed by atoms with Crippen LogP contribution in [0.25, 0.3) is 10.9 Å². The normalized spacial score (nSPS) is 15.4. The maximum atomic E-state index is 12.5. The van der Waals surface area contributed by atoms with Crippen molar-refractivity contribution in [2.45, 2.75) is 26.2 Å². The number of carbonyl (C=O) groups is 1. The van der Waals surface area contributed by atoms with Gasteiger partial charge in [-0.1, -0.05) is 18.2 Å². The Kier molecular flexibility index (Phi) is 3.86. The van der Waals surface area contributed by atoms with Crippen molar-refractivity contribution in [1.82, 2.24) is 4.57 Å². The molecule has 0 N–H and O–H groups in total. The summed E-state index contributed by atoms with van der Waals surface area (Å²) in [5.41, 5.74) is 1.80. The van der Waals surface area contributed by atoms with Gasteiger partial charge in [-0.3, -0.25) is 0 Å². The number of rotatable bonds is 3. The van der Waals surface area contributed by atoms with E-state index in [1.54, 1.807) is 0 Å². The maximum absolute atomic E-state index is 12.5. The number of piperidine rings is 1. The molecule has 0 bridgehead atoms. The van der Waals surface area contributed by atoms with Crippen molar-refractivity contribution in [3.8, 4) is 0 Å². The molecule has 0 spiro atoms. The van der Waals surface area contributed by atoms with Gasteiger partial charge < -0.3 is 14.2 Å². The lowest BCUT2D eigenvalue weighted by molar-refractivity contribution is 0.0529. The second kappa shape index (κ2) is 5.80. The number of carbonyl (C=O) groups excluding carboxylic acids is 1. The van der Waals surface area contributed by atoms with E-state index in [0.29, 0.717) is 6.61 Å². The third-order valence-corrected chi connectivity index (χ3v) is 4.21. The van der Waals surface area contributed by atoms with Gasteiger partial charge in [0, 0.05) is 25.5 Å². The van der Waals surface area contributed by atoms with E-state index in [-0.39, 0.29) is 5.97 Å².